The Balaban J connectivity index is 1.82. The molecule has 3 aromatic carbocycles. The van der Waals surface area contributed by atoms with Crippen molar-refractivity contribution < 1.29 is 22.3 Å². The summed E-state index contributed by atoms with van der Waals surface area (Å²) < 4.78 is 44.1. The number of rotatable bonds is 6. The van der Waals surface area contributed by atoms with Gasteiger partial charge in [0.25, 0.3) is 5.91 Å². The molecule has 0 aliphatic carbocycles. The topological polar surface area (TPSA) is 72.5 Å². The van der Waals surface area contributed by atoms with Crippen molar-refractivity contribution in [2.75, 3.05) is 6.26 Å². The van der Waals surface area contributed by atoms with Crippen molar-refractivity contribution in [1.82, 2.24) is 4.72 Å². The SMILES string of the molecule is CS(=O)(=O)NC(=O)c1cc(Cl)c(OCc2ccccc2-c2ccccc2)cc1F. The molecule has 0 aromatic heterocycles. The van der Waals surface area contributed by atoms with Gasteiger partial charge in [-0.2, -0.15) is 0 Å². The highest BCUT2D eigenvalue weighted by Crippen LogP contribution is 2.30. The molecule has 0 unspecified atom stereocenters. The van der Waals surface area contributed by atoms with Gasteiger partial charge in [-0.1, -0.05) is 66.2 Å². The molecule has 0 saturated heterocycles. The maximum atomic E-state index is 14.3. The quantitative estimate of drug-likeness (QED) is 0.624. The van der Waals surface area contributed by atoms with Gasteiger partial charge in [-0.3, -0.25) is 4.79 Å². The fourth-order valence-electron chi connectivity index (χ4n) is 2.74. The molecule has 0 aliphatic heterocycles. The minimum Gasteiger partial charge on any atom is -0.487 e. The molecule has 0 atom stereocenters. The molecule has 0 fully saturated rings. The summed E-state index contributed by atoms with van der Waals surface area (Å²) in [5.41, 5.74) is 2.36. The van der Waals surface area contributed by atoms with Crippen LogP contribution in [0, 0.1) is 5.82 Å². The summed E-state index contributed by atoms with van der Waals surface area (Å²) in [7, 11) is -3.83. The first-order chi connectivity index (χ1) is 13.7. The maximum Gasteiger partial charge on any atom is 0.267 e. The third kappa shape index (κ3) is 5.34. The van der Waals surface area contributed by atoms with Crippen LogP contribution in [-0.2, 0) is 16.6 Å². The molecule has 0 bridgehead atoms. The zero-order valence-electron chi connectivity index (χ0n) is 15.4. The lowest BCUT2D eigenvalue weighted by Gasteiger charge is -2.13. The summed E-state index contributed by atoms with van der Waals surface area (Å²) in [5.74, 6) is -2.00. The summed E-state index contributed by atoms with van der Waals surface area (Å²) in [5, 5.41) is -0.0118. The van der Waals surface area contributed by atoms with E-state index in [0.717, 1.165) is 35.1 Å². The molecule has 1 N–H and O–H groups in total. The van der Waals surface area contributed by atoms with Gasteiger partial charge in [0.15, 0.2) is 0 Å². The van der Waals surface area contributed by atoms with Gasteiger partial charge in [0.2, 0.25) is 10.0 Å². The second-order valence-corrected chi connectivity index (χ2v) is 8.43. The molecule has 3 rings (SSSR count). The second kappa shape index (κ2) is 8.63. The van der Waals surface area contributed by atoms with Crippen molar-refractivity contribution in [3.63, 3.8) is 0 Å². The Morgan fingerprint density at radius 1 is 1.07 bits per heavy atom. The van der Waals surface area contributed by atoms with E-state index in [0.29, 0.717) is 0 Å². The van der Waals surface area contributed by atoms with Crippen LogP contribution in [0.5, 0.6) is 5.75 Å². The number of hydrogen-bond acceptors (Lipinski definition) is 4. The minimum atomic E-state index is -3.83. The number of benzene rings is 3. The molecular formula is C21H17ClFNO4S. The Morgan fingerprint density at radius 3 is 2.41 bits per heavy atom. The first kappa shape index (κ1) is 20.8. The lowest BCUT2D eigenvalue weighted by atomic mass is 10.0. The van der Waals surface area contributed by atoms with E-state index in [1.165, 1.54) is 0 Å². The molecule has 3 aromatic rings. The number of carbonyl (C=O) groups is 1. The van der Waals surface area contributed by atoms with E-state index >= 15 is 0 Å². The van der Waals surface area contributed by atoms with E-state index < -0.39 is 27.3 Å². The molecule has 29 heavy (non-hydrogen) atoms. The number of amides is 1. The standard InChI is InChI=1S/C21H17ClFNO4S/c1-29(26,27)24-21(25)17-11-18(22)20(12-19(17)23)28-13-15-9-5-6-10-16(15)14-7-3-2-4-8-14/h2-12H,13H2,1H3,(H,24,25). The van der Waals surface area contributed by atoms with Crippen LogP contribution in [0.25, 0.3) is 11.1 Å². The molecule has 0 saturated carbocycles. The fourth-order valence-corrected chi connectivity index (χ4v) is 3.40. The van der Waals surface area contributed by atoms with Crippen LogP contribution in [0.2, 0.25) is 5.02 Å². The third-order valence-electron chi connectivity index (χ3n) is 4.03. The van der Waals surface area contributed by atoms with Crippen LogP contribution >= 0.6 is 11.6 Å². The summed E-state index contributed by atoms with van der Waals surface area (Å²) in [4.78, 5) is 11.9. The largest absolute Gasteiger partial charge is 0.487 e. The summed E-state index contributed by atoms with van der Waals surface area (Å²) in [6, 6.07) is 19.3. The fraction of sp³-hybridized carbons (Fsp3) is 0.0952. The highest BCUT2D eigenvalue weighted by Gasteiger charge is 2.19. The molecule has 150 valence electrons. The summed E-state index contributed by atoms with van der Waals surface area (Å²) >= 11 is 6.12. The van der Waals surface area contributed by atoms with Crippen molar-refractivity contribution in [3.8, 4) is 16.9 Å². The Labute approximate surface area is 173 Å². The molecule has 0 radical (unpaired) electrons. The van der Waals surface area contributed by atoms with E-state index in [4.69, 9.17) is 16.3 Å². The van der Waals surface area contributed by atoms with E-state index in [1.54, 1.807) is 4.72 Å². The van der Waals surface area contributed by atoms with Crippen LogP contribution in [0.4, 0.5) is 4.39 Å². The van der Waals surface area contributed by atoms with Crippen molar-refractivity contribution in [2.24, 2.45) is 0 Å². The van der Waals surface area contributed by atoms with E-state index in [1.807, 2.05) is 54.6 Å². The lowest BCUT2D eigenvalue weighted by molar-refractivity contribution is 0.0977. The normalized spacial score (nSPS) is 11.1. The van der Waals surface area contributed by atoms with Gasteiger partial charge < -0.3 is 4.74 Å². The molecule has 1 amide bonds. The first-order valence-electron chi connectivity index (χ1n) is 8.52. The monoisotopic (exact) mass is 433 g/mol. The average Bonchev–Trinajstić information content (AvgIpc) is 2.68. The number of ether oxygens (including phenoxy) is 1. The van der Waals surface area contributed by atoms with Crippen LogP contribution < -0.4 is 9.46 Å². The number of sulfonamides is 1. The molecule has 0 aliphatic rings. The third-order valence-corrected chi connectivity index (χ3v) is 4.88. The number of hydrogen-bond donors (Lipinski definition) is 1. The van der Waals surface area contributed by atoms with Crippen molar-refractivity contribution in [1.29, 1.82) is 0 Å². The van der Waals surface area contributed by atoms with Crippen molar-refractivity contribution >= 4 is 27.5 Å². The molecule has 0 spiro atoms. The molecule has 8 heteroatoms. The number of carbonyl (C=O) groups excluding carboxylic acids is 1. The van der Waals surface area contributed by atoms with Gasteiger partial charge >= 0.3 is 0 Å². The van der Waals surface area contributed by atoms with Gasteiger partial charge in [0, 0.05) is 6.07 Å². The maximum absolute atomic E-state index is 14.3. The summed E-state index contributed by atoms with van der Waals surface area (Å²) in [6.07, 6.45) is 0.798. The molecular weight excluding hydrogens is 417 g/mol. The van der Waals surface area contributed by atoms with Crippen LogP contribution in [-0.4, -0.2) is 20.6 Å². The van der Waals surface area contributed by atoms with Gasteiger partial charge in [0.1, 0.15) is 18.2 Å². The van der Waals surface area contributed by atoms with E-state index in [2.05, 4.69) is 0 Å². The van der Waals surface area contributed by atoms with Gasteiger partial charge in [-0.25, -0.2) is 17.5 Å². The van der Waals surface area contributed by atoms with E-state index in [9.17, 15) is 17.6 Å². The van der Waals surface area contributed by atoms with E-state index in [-0.39, 0.29) is 17.4 Å². The van der Waals surface area contributed by atoms with Gasteiger partial charge in [-0.15, -0.1) is 0 Å². The zero-order chi connectivity index (χ0) is 21.0. The van der Waals surface area contributed by atoms with Crippen molar-refractivity contribution in [2.45, 2.75) is 6.61 Å². The second-order valence-electron chi connectivity index (χ2n) is 6.28. The lowest BCUT2D eigenvalue weighted by Crippen LogP contribution is -2.30. The Bertz CT molecular complexity index is 1150. The highest BCUT2D eigenvalue weighted by atomic mass is 35.5. The average molecular weight is 434 g/mol. The van der Waals surface area contributed by atoms with Crippen LogP contribution in [0.3, 0.4) is 0 Å². The first-order valence-corrected chi connectivity index (χ1v) is 10.8. The Morgan fingerprint density at radius 2 is 1.72 bits per heavy atom. The highest BCUT2D eigenvalue weighted by molar-refractivity contribution is 7.89. The zero-order valence-corrected chi connectivity index (χ0v) is 16.9. The number of nitrogens with one attached hydrogen (secondary N) is 1. The predicted octanol–water partition coefficient (Wildman–Crippen LogP) is 4.41. The summed E-state index contributed by atoms with van der Waals surface area (Å²) in [6.45, 7) is 0.124. The minimum absolute atomic E-state index is 0.0118. The Kier molecular flexibility index (Phi) is 6.20. The Hall–Kier alpha value is -2.90. The smallest absolute Gasteiger partial charge is 0.267 e. The van der Waals surface area contributed by atoms with Crippen LogP contribution in [0.15, 0.2) is 66.7 Å². The van der Waals surface area contributed by atoms with Crippen LogP contribution in [0.1, 0.15) is 15.9 Å². The van der Waals surface area contributed by atoms with Gasteiger partial charge in [0.05, 0.1) is 16.8 Å². The van der Waals surface area contributed by atoms with Gasteiger partial charge in [-0.05, 0) is 22.8 Å². The molecule has 5 nitrogen and oxygen atoms in total. The predicted molar refractivity (Wildman–Crippen MR) is 110 cm³/mol. The number of halogens is 2. The van der Waals surface area contributed by atoms with Crippen molar-refractivity contribution in [3.05, 3.63) is 88.7 Å². The molecule has 0 heterocycles.